The van der Waals surface area contributed by atoms with E-state index in [0.29, 0.717) is 18.9 Å². The number of halogens is 1. The summed E-state index contributed by atoms with van der Waals surface area (Å²) in [6, 6.07) is 5.09. The van der Waals surface area contributed by atoms with E-state index in [1.165, 1.54) is 13.3 Å². The second kappa shape index (κ2) is 13.6. The number of pyridine rings is 1. The summed E-state index contributed by atoms with van der Waals surface area (Å²) < 4.78 is 1.55. The molecular formula is C26H32ClN5O3. The summed E-state index contributed by atoms with van der Waals surface area (Å²) in [5.74, 6) is 0.0320. The highest BCUT2D eigenvalue weighted by atomic mass is 35.5. The van der Waals surface area contributed by atoms with E-state index in [0.717, 1.165) is 67.7 Å². The standard InChI is InChI=1S/C26H32ClN5O3/c1-19(33)31-24-16-22(29-18-30-24)11-5-3-2-4-6-13-28-25(34)23-12-8-14-32(26(23)35)17-20-9-7-10-21(27)15-20/h8-9,12,14-16,18H,2-7,10-11,13,17H2,1H3,(H,28,34)(H,29,30,31,33). The first-order valence-corrected chi connectivity index (χ1v) is 12.4. The van der Waals surface area contributed by atoms with Gasteiger partial charge in [0.1, 0.15) is 17.7 Å². The number of aromatic nitrogens is 3. The SMILES string of the molecule is CC(=O)Nc1cc(CCCCCCCNC(=O)c2cccn(CC3=CCCC(Cl)=C3)c2=O)ncn1. The van der Waals surface area contributed by atoms with Crippen molar-refractivity contribution in [3.8, 4) is 0 Å². The van der Waals surface area contributed by atoms with E-state index in [4.69, 9.17) is 11.6 Å². The molecule has 2 aromatic rings. The highest BCUT2D eigenvalue weighted by molar-refractivity contribution is 6.29. The third kappa shape index (κ3) is 8.79. The van der Waals surface area contributed by atoms with Gasteiger partial charge in [0.15, 0.2) is 0 Å². The van der Waals surface area contributed by atoms with Gasteiger partial charge < -0.3 is 15.2 Å². The molecule has 0 unspecified atom stereocenters. The van der Waals surface area contributed by atoms with Crippen LogP contribution in [0.4, 0.5) is 5.82 Å². The summed E-state index contributed by atoms with van der Waals surface area (Å²) in [6.07, 6.45) is 14.5. The van der Waals surface area contributed by atoms with Crippen LogP contribution < -0.4 is 16.2 Å². The molecule has 2 heterocycles. The van der Waals surface area contributed by atoms with Crippen molar-refractivity contribution < 1.29 is 9.59 Å². The molecule has 9 heteroatoms. The number of hydrogen-bond donors (Lipinski definition) is 2. The number of nitrogens with zero attached hydrogens (tertiary/aromatic N) is 3. The third-order valence-electron chi connectivity index (χ3n) is 5.67. The quantitative estimate of drug-likeness (QED) is 0.424. The van der Waals surface area contributed by atoms with Gasteiger partial charge in [0.2, 0.25) is 5.91 Å². The Bertz CT molecular complexity index is 1160. The van der Waals surface area contributed by atoms with Gasteiger partial charge in [-0.1, -0.05) is 36.9 Å². The lowest BCUT2D eigenvalue weighted by atomic mass is 10.1. The number of anilines is 1. The highest BCUT2D eigenvalue weighted by Crippen LogP contribution is 2.20. The molecule has 0 spiro atoms. The Hall–Kier alpha value is -3.26. The third-order valence-corrected chi connectivity index (χ3v) is 5.97. The molecule has 0 aliphatic heterocycles. The van der Waals surface area contributed by atoms with Crippen molar-refractivity contribution in [2.75, 3.05) is 11.9 Å². The predicted molar refractivity (Wildman–Crippen MR) is 137 cm³/mol. The first-order chi connectivity index (χ1) is 16.9. The van der Waals surface area contributed by atoms with Gasteiger partial charge in [-0.25, -0.2) is 9.97 Å². The summed E-state index contributed by atoms with van der Waals surface area (Å²) in [4.78, 5) is 44.7. The van der Waals surface area contributed by atoms with Gasteiger partial charge in [0.25, 0.3) is 11.5 Å². The molecule has 0 atom stereocenters. The fourth-order valence-electron chi connectivity index (χ4n) is 3.91. The van der Waals surface area contributed by atoms with E-state index >= 15 is 0 Å². The first kappa shape index (κ1) is 26.3. The second-order valence-electron chi connectivity index (χ2n) is 8.61. The Labute approximate surface area is 210 Å². The summed E-state index contributed by atoms with van der Waals surface area (Å²) >= 11 is 6.11. The Morgan fingerprint density at radius 2 is 1.94 bits per heavy atom. The Morgan fingerprint density at radius 1 is 1.14 bits per heavy atom. The van der Waals surface area contributed by atoms with Gasteiger partial charge in [0, 0.05) is 36.5 Å². The molecule has 0 bridgehead atoms. The number of carbonyl (C=O) groups excluding carboxylic acids is 2. The predicted octanol–water partition coefficient (Wildman–Crippen LogP) is 4.36. The molecule has 8 nitrogen and oxygen atoms in total. The molecule has 0 aromatic carbocycles. The Morgan fingerprint density at radius 3 is 2.74 bits per heavy atom. The monoisotopic (exact) mass is 497 g/mol. The van der Waals surface area contributed by atoms with E-state index in [-0.39, 0.29) is 22.9 Å². The summed E-state index contributed by atoms with van der Waals surface area (Å²) in [6.45, 7) is 2.38. The number of aryl methyl sites for hydroxylation is 1. The van der Waals surface area contributed by atoms with Crippen LogP contribution in [-0.4, -0.2) is 32.9 Å². The van der Waals surface area contributed by atoms with Crippen LogP contribution in [0.5, 0.6) is 0 Å². The van der Waals surface area contributed by atoms with E-state index in [9.17, 15) is 14.4 Å². The average molecular weight is 498 g/mol. The van der Waals surface area contributed by atoms with Crippen LogP contribution in [0.1, 0.15) is 67.9 Å². The van der Waals surface area contributed by atoms with Gasteiger partial charge in [-0.15, -0.1) is 0 Å². The topological polar surface area (TPSA) is 106 Å². The van der Waals surface area contributed by atoms with Gasteiger partial charge in [-0.3, -0.25) is 14.4 Å². The maximum atomic E-state index is 12.8. The number of rotatable bonds is 12. The number of allylic oxidation sites excluding steroid dienone is 4. The first-order valence-electron chi connectivity index (χ1n) is 12.0. The van der Waals surface area contributed by atoms with Crippen LogP contribution in [0.15, 0.2) is 58.3 Å². The molecular weight excluding hydrogens is 466 g/mol. The fraction of sp³-hybridized carbons (Fsp3) is 0.423. The fourth-order valence-corrected chi connectivity index (χ4v) is 4.16. The zero-order chi connectivity index (χ0) is 25.0. The molecule has 2 N–H and O–H groups in total. The van der Waals surface area contributed by atoms with Crippen molar-refractivity contribution in [1.29, 1.82) is 0 Å². The van der Waals surface area contributed by atoms with Crippen molar-refractivity contribution in [2.24, 2.45) is 0 Å². The molecule has 0 fully saturated rings. The minimum absolute atomic E-state index is 0.153. The highest BCUT2D eigenvalue weighted by Gasteiger charge is 2.13. The minimum Gasteiger partial charge on any atom is -0.352 e. The molecule has 0 saturated heterocycles. The molecule has 1 aliphatic carbocycles. The van der Waals surface area contributed by atoms with Crippen LogP contribution >= 0.6 is 11.6 Å². The lowest BCUT2D eigenvalue weighted by Crippen LogP contribution is -2.33. The second-order valence-corrected chi connectivity index (χ2v) is 9.10. The van der Waals surface area contributed by atoms with Crippen LogP contribution in [-0.2, 0) is 17.8 Å². The summed E-state index contributed by atoms with van der Waals surface area (Å²) in [5, 5.41) is 6.31. The van der Waals surface area contributed by atoms with Crippen molar-refractivity contribution in [2.45, 2.75) is 64.8 Å². The summed E-state index contributed by atoms with van der Waals surface area (Å²) in [5.41, 5.74) is 1.74. The van der Waals surface area contributed by atoms with Crippen molar-refractivity contribution >= 4 is 29.2 Å². The smallest absolute Gasteiger partial charge is 0.263 e. The van der Waals surface area contributed by atoms with Gasteiger partial charge in [-0.05, 0) is 55.9 Å². The summed E-state index contributed by atoms with van der Waals surface area (Å²) in [7, 11) is 0. The molecule has 186 valence electrons. The zero-order valence-electron chi connectivity index (χ0n) is 20.1. The lowest BCUT2D eigenvalue weighted by Gasteiger charge is -2.12. The molecule has 0 saturated carbocycles. The molecule has 2 amide bonds. The number of amides is 2. The molecule has 3 rings (SSSR count). The molecule has 1 aliphatic rings. The van der Waals surface area contributed by atoms with Crippen molar-refractivity contribution in [3.63, 3.8) is 0 Å². The van der Waals surface area contributed by atoms with E-state index in [2.05, 4.69) is 26.7 Å². The maximum absolute atomic E-state index is 12.8. The Balaban J connectivity index is 1.35. The Kier molecular flexibility index (Phi) is 10.2. The zero-order valence-corrected chi connectivity index (χ0v) is 20.8. The molecule has 2 aromatic heterocycles. The van der Waals surface area contributed by atoms with Crippen LogP contribution in [0.2, 0.25) is 0 Å². The van der Waals surface area contributed by atoms with Gasteiger partial charge >= 0.3 is 0 Å². The van der Waals surface area contributed by atoms with Crippen LogP contribution in [0.25, 0.3) is 0 Å². The normalized spacial score (nSPS) is 13.1. The maximum Gasteiger partial charge on any atom is 0.263 e. The van der Waals surface area contributed by atoms with Gasteiger partial charge in [-0.2, -0.15) is 0 Å². The number of carbonyl (C=O) groups is 2. The number of unbranched alkanes of at least 4 members (excludes halogenated alkanes) is 4. The van der Waals surface area contributed by atoms with Crippen molar-refractivity contribution in [1.82, 2.24) is 19.9 Å². The number of nitrogens with one attached hydrogen (secondary N) is 2. The largest absolute Gasteiger partial charge is 0.352 e. The molecule has 0 radical (unpaired) electrons. The number of hydrogen-bond acceptors (Lipinski definition) is 5. The van der Waals surface area contributed by atoms with Crippen LogP contribution in [0, 0.1) is 0 Å². The van der Waals surface area contributed by atoms with Gasteiger partial charge in [0.05, 0.1) is 6.54 Å². The van der Waals surface area contributed by atoms with Crippen LogP contribution in [0.3, 0.4) is 0 Å². The van der Waals surface area contributed by atoms with E-state index < -0.39 is 0 Å². The minimum atomic E-state index is -0.339. The van der Waals surface area contributed by atoms with Crippen molar-refractivity contribution in [3.05, 3.63) is 75.1 Å². The molecule has 35 heavy (non-hydrogen) atoms. The van der Waals surface area contributed by atoms with E-state index in [1.807, 2.05) is 6.08 Å². The lowest BCUT2D eigenvalue weighted by molar-refractivity contribution is -0.114. The van der Waals surface area contributed by atoms with E-state index in [1.54, 1.807) is 29.0 Å². The average Bonchev–Trinajstić information content (AvgIpc) is 2.82.